The van der Waals surface area contributed by atoms with Gasteiger partial charge in [0, 0.05) is 26.7 Å². The van der Waals surface area contributed by atoms with Gasteiger partial charge >= 0.3 is 0 Å². The maximum Gasteiger partial charge on any atom is 0.227 e. The van der Waals surface area contributed by atoms with Crippen LogP contribution >= 0.6 is 0 Å². The minimum Gasteiger partial charge on any atom is -0.493 e. The maximum atomic E-state index is 12.9. The van der Waals surface area contributed by atoms with E-state index in [1.165, 1.54) is 11.4 Å². The van der Waals surface area contributed by atoms with E-state index in [0.717, 1.165) is 5.56 Å². The Morgan fingerprint density at radius 1 is 1.18 bits per heavy atom. The second-order valence-corrected chi connectivity index (χ2v) is 9.08. The van der Waals surface area contributed by atoms with Gasteiger partial charge in [-0.15, -0.1) is 0 Å². The number of amides is 1. The highest BCUT2D eigenvalue weighted by molar-refractivity contribution is 7.89. The molecule has 1 fully saturated rings. The summed E-state index contributed by atoms with van der Waals surface area (Å²) in [5.41, 5.74) is 0.833. The van der Waals surface area contributed by atoms with Crippen molar-refractivity contribution in [2.45, 2.75) is 26.3 Å². The molecule has 0 N–H and O–H groups in total. The summed E-state index contributed by atoms with van der Waals surface area (Å²) in [5.74, 6) is 1.20. The molecule has 1 aromatic rings. The van der Waals surface area contributed by atoms with Gasteiger partial charge in [0.2, 0.25) is 21.7 Å². The van der Waals surface area contributed by atoms with Crippen LogP contribution in [0.3, 0.4) is 0 Å². The van der Waals surface area contributed by atoms with Gasteiger partial charge in [0.15, 0.2) is 11.5 Å². The number of sulfonamides is 1. The van der Waals surface area contributed by atoms with Crippen LogP contribution in [0.1, 0.15) is 25.3 Å². The van der Waals surface area contributed by atoms with Gasteiger partial charge in [-0.2, -0.15) is 0 Å². The Morgan fingerprint density at radius 3 is 2.29 bits per heavy atom. The van der Waals surface area contributed by atoms with E-state index < -0.39 is 10.0 Å². The van der Waals surface area contributed by atoms with Gasteiger partial charge < -0.3 is 19.1 Å². The molecular weight excluding hydrogens is 384 g/mol. The van der Waals surface area contributed by atoms with Gasteiger partial charge in [0.1, 0.15) is 0 Å². The topological polar surface area (TPSA) is 85.4 Å². The highest BCUT2D eigenvalue weighted by Crippen LogP contribution is 2.38. The lowest BCUT2D eigenvalue weighted by Gasteiger charge is -2.33. The van der Waals surface area contributed by atoms with Crippen LogP contribution in [0.25, 0.3) is 0 Å². The number of nitrogens with zero attached hydrogens (tertiary/aromatic N) is 2. The van der Waals surface area contributed by atoms with E-state index >= 15 is 0 Å². The van der Waals surface area contributed by atoms with E-state index in [9.17, 15) is 13.2 Å². The first-order valence-electron chi connectivity index (χ1n) is 9.29. The zero-order valence-corrected chi connectivity index (χ0v) is 18.0. The van der Waals surface area contributed by atoms with Crippen molar-refractivity contribution in [2.24, 2.45) is 5.92 Å². The molecule has 8 nitrogen and oxygen atoms in total. The maximum absolute atomic E-state index is 12.9. The Kier molecular flexibility index (Phi) is 7.54. The molecule has 0 radical (unpaired) electrons. The quantitative estimate of drug-likeness (QED) is 0.644. The Hall–Kier alpha value is -2.00. The summed E-state index contributed by atoms with van der Waals surface area (Å²) in [5, 5.41) is 0. The second-order valence-electron chi connectivity index (χ2n) is 6.83. The van der Waals surface area contributed by atoms with Crippen LogP contribution in [0.15, 0.2) is 12.1 Å². The van der Waals surface area contributed by atoms with Crippen molar-refractivity contribution in [1.29, 1.82) is 0 Å². The summed E-state index contributed by atoms with van der Waals surface area (Å²) < 4.78 is 41.8. The molecule has 158 valence electrons. The normalized spacial score (nSPS) is 17.8. The smallest absolute Gasteiger partial charge is 0.227 e. The predicted molar refractivity (Wildman–Crippen MR) is 106 cm³/mol. The third-order valence-corrected chi connectivity index (χ3v) is 6.86. The molecule has 28 heavy (non-hydrogen) atoms. The van der Waals surface area contributed by atoms with Crippen LogP contribution in [-0.2, 0) is 21.4 Å². The largest absolute Gasteiger partial charge is 0.493 e. The molecule has 1 heterocycles. The standard InChI is InChI=1S/C19H30N2O6S/c1-6-28(23,24)21-9-7-8-15(13-21)19(22)20(2)12-14-10-16(25-3)18(27-5)17(11-14)26-4/h10-11,15H,6-9,12-13H2,1-5H3. The number of benzene rings is 1. The fourth-order valence-electron chi connectivity index (χ4n) is 3.47. The van der Waals surface area contributed by atoms with Crippen LogP contribution < -0.4 is 14.2 Å². The Morgan fingerprint density at radius 2 is 1.79 bits per heavy atom. The summed E-state index contributed by atoms with van der Waals surface area (Å²) in [6, 6.07) is 3.61. The van der Waals surface area contributed by atoms with Crippen LogP contribution in [0.4, 0.5) is 0 Å². The van der Waals surface area contributed by atoms with Crippen molar-refractivity contribution in [3.05, 3.63) is 17.7 Å². The first kappa shape index (κ1) is 22.3. The average Bonchev–Trinajstić information content (AvgIpc) is 2.72. The number of methoxy groups -OCH3 is 3. The van der Waals surface area contributed by atoms with Crippen molar-refractivity contribution in [2.75, 3.05) is 47.2 Å². The van der Waals surface area contributed by atoms with E-state index in [4.69, 9.17) is 14.2 Å². The molecule has 0 saturated carbocycles. The Labute approximate surface area is 167 Å². The van der Waals surface area contributed by atoms with E-state index in [2.05, 4.69) is 0 Å². The number of hydrogen-bond donors (Lipinski definition) is 0. The van der Waals surface area contributed by atoms with Gasteiger partial charge in [0.05, 0.1) is 33.0 Å². The fraction of sp³-hybridized carbons (Fsp3) is 0.632. The van der Waals surface area contributed by atoms with Gasteiger partial charge in [-0.1, -0.05) is 0 Å². The van der Waals surface area contributed by atoms with Gasteiger partial charge in [0.25, 0.3) is 0 Å². The highest BCUT2D eigenvalue weighted by atomic mass is 32.2. The van der Waals surface area contributed by atoms with Gasteiger partial charge in [-0.25, -0.2) is 12.7 Å². The number of rotatable bonds is 8. The number of hydrogen-bond acceptors (Lipinski definition) is 6. The molecule has 1 aliphatic rings. The Bertz CT molecular complexity index is 771. The molecule has 0 bridgehead atoms. The summed E-state index contributed by atoms with van der Waals surface area (Å²) in [6.45, 7) is 2.70. The fourth-order valence-corrected chi connectivity index (χ4v) is 4.65. The molecule has 9 heteroatoms. The van der Waals surface area contributed by atoms with Crippen molar-refractivity contribution in [3.8, 4) is 17.2 Å². The van der Waals surface area contributed by atoms with Crippen molar-refractivity contribution < 1.29 is 27.4 Å². The van der Waals surface area contributed by atoms with Crippen LogP contribution in [0.5, 0.6) is 17.2 Å². The van der Waals surface area contributed by atoms with Gasteiger partial charge in [-0.3, -0.25) is 4.79 Å². The number of carbonyl (C=O) groups excluding carboxylic acids is 1. The molecule has 1 atom stereocenters. The molecule has 1 aromatic carbocycles. The van der Waals surface area contributed by atoms with Crippen molar-refractivity contribution in [3.63, 3.8) is 0 Å². The summed E-state index contributed by atoms with van der Waals surface area (Å²) in [4.78, 5) is 14.5. The van der Waals surface area contributed by atoms with E-state index in [1.54, 1.807) is 45.2 Å². The van der Waals surface area contributed by atoms with Crippen LogP contribution in [0.2, 0.25) is 0 Å². The van der Waals surface area contributed by atoms with E-state index in [0.29, 0.717) is 43.2 Å². The minimum atomic E-state index is -3.28. The van der Waals surface area contributed by atoms with Crippen LogP contribution in [0, 0.1) is 5.92 Å². The SMILES string of the molecule is CCS(=O)(=O)N1CCCC(C(=O)N(C)Cc2cc(OC)c(OC)c(OC)c2)C1. The summed E-state index contributed by atoms with van der Waals surface area (Å²) in [6.07, 6.45) is 1.38. The molecule has 1 saturated heterocycles. The van der Waals surface area contributed by atoms with Crippen molar-refractivity contribution >= 4 is 15.9 Å². The third kappa shape index (κ3) is 4.88. The monoisotopic (exact) mass is 414 g/mol. The summed E-state index contributed by atoms with van der Waals surface area (Å²) >= 11 is 0. The molecule has 2 rings (SSSR count). The zero-order chi connectivity index (χ0) is 20.9. The lowest BCUT2D eigenvalue weighted by molar-refractivity contribution is -0.135. The molecule has 1 unspecified atom stereocenters. The molecule has 0 aromatic heterocycles. The lowest BCUT2D eigenvalue weighted by Crippen LogP contribution is -2.46. The minimum absolute atomic E-state index is 0.0508. The van der Waals surface area contributed by atoms with E-state index in [1.807, 2.05) is 0 Å². The number of piperidine rings is 1. The first-order valence-corrected chi connectivity index (χ1v) is 10.9. The zero-order valence-electron chi connectivity index (χ0n) is 17.2. The molecule has 0 aliphatic carbocycles. The van der Waals surface area contributed by atoms with Gasteiger partial charge in [-0.05, 0) is 37.5 Å². The molecule has 1 aliphatic heterocycles. The molecule has 1 amide bonds. The molecule has 0 spiro atoms. The Balaban J connectivity index is 2.14. The third-order valence-electron chi connectivity index (χ3n) is 5.01. The average molecular weight is 415 g/mol. The number of carbonyl (C=O) groups is 1. The lowest BCUT2D eigenvalue weighted by atomic mass is 9.98. The second kappa shape index (κ2) is 9.47. The predicted octanol–water partition coefficient (Wildman–Crippen LogP) is 1.73. The number of ether oxygens (including phenoxy) is 3. The van der Waals surface area contributed by atoms with Crippen molar-refractivity contribution in [1.82, 2.24) is 9.21 Å². The highest BCUT2D eigenvalue weighted by Gasteiger charge is 2.32. The molecular formula is C19H30N2O6S. The van der Waals surface area contributed by atoms with Crippen LogP contribution in [-0.4, -0.2) is 70.7 Å². The first-order chi connectivity index (χ1) is 13.3. The van der Waals surface area contributed by atoms with E-state index in [-0.39, 0.29) is 24.1 Å². The summed E-state index contributed by atoms with van der Waals surface area (Å²) in [7, 11) is 3.06.